The van der Waals surface area contributed by atoms with Gasteiger partial charge < -0.3 is 5.32 Å². The van der Waals surface area contributed by atoms with Crippen LogP contribution in [0, 0.1) is 0 Å². The van der Waals surface area contributed by atoms with E-state index >= 15 is 0 Å². The molecule has 1 N–H and O–H groups in total. The number of thiophene rings is 1. The second kappa shape index (κ2) is 6.52. The molecule has 98 valence electrons. The molecule has 1 unspecified atom stereocenters. The van der Waals surface area contributed by atoms with Gasteiger partial charge in [-0.25, -0.2) is 0 Å². The number of nitrogens with zero attached hydrogens (tertiary/aromatic N) is 3. The lowest BCUT2D eigenvalue weighted by Crippen LogP contribution is -2.21. The molecule has 2 aromatic rings. The first kappa shape index (κ1) is 13.8. The maximum Gasteiger partial charge on any atom is 0.0991 e. The van der Waals surface area contributed by atoms with Gasteiger partial charge in [0.2, 0.25) is 0 Å². The van der Waals surface area contributed by atoms with E-state index in [-0.39, 0.29) is 6.04 Å². The molecule has 2 heterocycles. The molecule has 0 amide bonds. The van der Waals surface area contributed by atoms with E-state index < -0.39 is 0 Å². The Balaban J connectivity index is 1.75. The molecule has 1 atom stereocenters. The fourth-order valence-corrected chi connectivity index (χ4v) is 3.32. The summed E-state index contributed by atoms with van der Waals surface area (Å²) in [6.45, 7) is 3.84. The van der Waals surface area contributed by atoms with Crippen LogP contribution < -0.4 is 5.32 Å². The van der Waals surface area contributed by atoms with Crippen LogP contribution in [0.4, 0.5) is 0 Å². The molecule has 0 radical (unpaired) electrons. The van der Waals surface area contributed by atoms with Crippen molar-refractivity contribution in [3.8, 4) is 0 Å². The van der Waals surface area contributed by atoms with Crippen molar-refractivity contribution < 1.29 is 0 Å². The fraction of sp³-hybridized carbons (Fsp3) is 0.455. The molecule has 7 heteroatoms. The van der Waals surface area contributed by atoms with E-state index in [1.165, 1.54) is 11.3 Å². The largest absolute Gasteiger partial charge is 0.310 e. The van der Waals surface area contributed by atoms with Crippen molar-refractivity contribution in [2.24, 2.45) is 0 Å². The predicted octanol–water partition coefficient (Wildman–Crippen LogP) is 3.39. The van der Waals surface area contributed by atoms with E-state index in [1.54, 1.807) is 6.20 Å². The quantitative estimate of drug-likeness (QED) is 0.832. The summed E-state index contributed by atoms with van der Waals surface area (Å²) in [6.07, 6.45) is 4.53. The van der Waals surface area contributed by atoms with Gasteiger partial charge in [0.15, 0.2) is 0 Å². The van der Waals surface area contributed by atoms with Gasteiger partial charge in [0.05, 0.1) is 14.9 Å². The number of hydrogen-bond donors (Lipinski definition) is 1. The van der Waals surface area contributed by atoms with Gasteiger partial charge in [-0.3, -0.25) is 4.68 Å². The molecule has 0 saturated heterocycles. The van der Waals surface area contributed by atoms with Crippen molar-refractivity contribution in [2.75, 3.05) is 6.54 Å². The Bertz CT molecular complexity index is 483. The standard InChI is InChI=1S/C11H14Cl2N4S/c1-8(9-7-10(12)18-11(9)13)14-3-2-5-17-6-4-15-16-17/h4,6-8,14H,2-3,5H2,1H3. The van der Waals surface area contributed by atoms with Crippen LogP contribution in [0.2, 0.25) is 8.67 Å². The molecule has 4 nitrogen and oxygen atoms in total. The number of nitrogens with one attached hydrogen (secondary N) is 1. The Kier molecular flexibility index (Phi) is 5.00. The summed E-state index contributed by atoms with van der Waals surface area (Å²) < 4.78 is 3.31. The van der Waals surface area contributed by atoms with Gasteiger partial charge in [-0.1, -0.05) is 28.4 Å². The minimum Gasteiger partial charge on any atom is -0.310 e. The van der Waals surface area contributed by atoms with Gasteiger partial charge in [-0.2, -0.15) is 0 Å². The third kappa shape index (κ3) is 3.68. The summed E-state index contributed by atoms with van der Waals surface area (Å²) in [7, 11) is 0. The second-order valence-electron chi connectivity index (χ2n) is 3.98. The zero-order chi connectivity index (χ0) is 13.0. The average molecular weight is 305 g/mol. The van der Waals surface area contributed by atoms with E-state index in [4.69, 9.17) is 23.2 Å². The summed E-state index contributed by atoms with van der Waals surface area (Å²) in [5, 5.41) is 11.1. The number of hydrogen-bond acceptors (Lipinski definition) is 4. The molecule has 0 bridgehead atoms. The number of halogens is 2. The van der Waals surface area contributed by atoms with Crippen molar-refractivity contribution in [2.45, 2.75) is 25.9 Å². The third-order valence-corrected chi connectivity index (χ3v) is 4.15. The van der Waals surface area contributed by atoms with Gasteiger partial charge in [0, 0.05) is 18.8 Å². The van der Waals surface area contributed by atoms with Crippen molar-refractivity contribution in [3.63, 3.8) is 0 Å². The maximum atomic E-state index is 6.11. The van der Waals surface area contributed by atoms with E-state index in [1.807, 2.05) is 16.9 Å². The van der Waals surface area contributed by atoms with Gasteiger partial charge in [0.1, 0.15) is 0 Å². The van der Waals surface area contributed by atoms with E-state index in [0.29, 0.717) is 0 Å². The molecule has 0 spiro atoms. The van der Waals surface area contributed by atoms with Crippen LogP contribution in [0.3, 0.4) is 0 Å². The van der Waals surface area contributed by atoms with Crippen LogP contribution in [0.1, 0.15) is 24.9 Å². The van der Waals surface area contributed by atoms with Gasteiger partial charge in [-0.05, 0) is 31.5 Å². The highest BCUT2D eigenvalue weighted by Crippen LogP contribution is 2.34. The predicted molar refractivity (Wildman–Crippen MR) is 75.4 cm³/mol. The Morgan fingerprint density at radius 2 is 2.33 bits per heavy atom. The van der Waals surface area contributed by atoms with Crippen molar-refractivity contribution >= 4 is 34.5 Å². The first-order chi connectivity index (χ1) is 8.66. The first-order valence-electron chi connectivity index (χ1n) is 5.69. The lowest BCUT2D eigenvalue weighted by molar-refractivity contribution is 0.500. The summed E-state index contributed by atoms with van der Waals surface area (Å²) in [5.41, 5.74) is 1.06. The molecule has 0 aliphatic rings. The Morgan fingerprint density at radius 1 is 1.50 bits per heavy atom. The summed E-state index contributed by atoms with van der Waals surface area (Å²) >= 11 is 13.4. The minimum atomic E-state index is 0.206. The highest BCUT2D eigenvalue weighted by molar-refractivity contribution is 7.20. The highest BCUT2D eigenvalue weighted by Gasteiger charge is 2.12. The van der Waals surface area contributed by atoms with Gasteiger partial charge >= 0.3 is 0 Å². The number of aryl methyl sites for hydroxylation is 1. The molecule has 2 aromatic heterocycles. The normalized spacial score (nSPS) is 12.8. The first-order valence-corrected chi connectivity index (χ1v) is 7.26. The molecule has 0 saturated carbocycles. The van der Waals surface area contributed by atoms with Crippen molar-refractivity contribution in [3.05, 3.63) is 32.7 Å². The minimum absolute atomic E-state index is 0.206. The fourth-order valence-electron chi connectivity index (χ4n) is 1.67. The van der Waals surface area contributed by atoms with E-state index in [0.717, 1.165) is 33.7 Å². The van der Waals surface area contributed by atoms with Crippen LogP contribution in [0.15, 0.2) is 18.5 Å². The maximum absolute atomic E-state index is 6.11. The molecule has 2 rings (SSSR count). The summed E-state index contributed by atoms with van der Waals surface area (Å²) in [5.74, 6) is 0. The van der Waals surface area contributed by atoms with Crippen molar-refractivity contribution in [1.82, 2.24) is 20.3 Å². The zero-order valence-corrected chi connectivity index (χ0v) is 12.3. The topological polar surface area (TPSA) is 42.7 Å². The van der Waals surface area contributed by atoms with Crippen LogP contribution in [0.5, 0.6) is 0 Å². The van der Waals surface area contributed by atoms with Crippen LogP contribution >= 0.6 is 34.5 Å². The summed E-state index contributed by atoms with van der Waals surface area (Å²) in [6, 6.07) is 2.13. The highest BCUT2D eigenvalue weighted by atomic mass is 35.5. The zero-order valence-electron chi connectivity index (χ0n) is 9.94. The molecular weight excluding hydrogens is 291 g/mol. The molecule has 0 aromatic carbocycles. The smallest absolute Gasteiger partial charge is 0.0991 e. The monoisotopic (exact) mass is 304 g/mol. The van der Waals surface area contributed by atoms with Crippen LogP contribution in [0.25, 0.3) is 0 Å². The SMILES string of the molecule is CC(NCCCn1ccnn1)c1cc(Cl)sc1Cl. The van der Waals surface area contributed by atoms with E-state index in [2.05, 4.69) is 22.6 Å². The number of aromatic nitrogens is 3. The lowest BCUT2D eigenvalue weighted by Gasteiger charge is -2.12. The van der Waals surface area contributed by atoms with Crippen LogP contribution in [-0.2, 0) is 6.54 Å². The van der Waals surface area contributed by atoms with E-state index in [9.17, 15) is 0 Å². The number of rotatable bonds is 6. The molecular formula is C11H14Cl2N4S. The van der Waals surface area contributed by atoms with Crippen molar-refractivity contribution in [1.29, 1.82) is 0 Å². The molecule has 0 aliphatic heterocycles. The Morgan fingerprint density at radius 3 is 2.94 bits per heavy atom. The lowest BCUT2D eigenvalue weighted by atomic mass is 10.2. The van der Waals surface area contributed by atoms with Gasteiger partial charge in [0.25, 0.3) is 0 Å². The third-order valence-electron chi connectivity index (χ3n) is 2.64. The Labute approximate surface area is 120 Å². The summed E-state index contributed by atoms with van der Waals surface area (Å²) in [4.78, 5) is 0. The second-order valence-corrected chi connectivity index (χ2v) is 6.26. The Hall–Kier alpha value is -0.620. The molecule has 18 heavy (non-hydrogen) atoms. The average Bonchev–Trinajstić information content (AvgIpc) is 2.94. The molecule has 0 aliphatic carbocycles. The van der Waals surface area contributed by atoms with Crippen LogP contribution in [-0.4, -0.2) is 21.5 Å². The van der Waals surface area contributed by atoms with Gasteiger partial charge in [-0.15, -0.1) is 16.4 Å². The molecule has 0 fully saturated rings.